The Kier molecular flexibility index (Phi) is 9.19. The molecule has 0 saturated heterocycles. The van der Waals surface area contributed by atoms with Gasteiger partial charge in [-0.15, -0.1) is 0 Å². The molecule has 3 atom stereocenters. The molecule has 0 bridgehead atoms. The quantitative estimate of drug-likeness (QED) is 0.481. The van der Waals surface area contributed by atoms with E-state index in [0.29, 0.717) is 66.8 Å². The summed E-state index contributed by atoms with van der Waals surface area (Å²) in [6, 6.07) is 3.55. The standard InChI is InChI=1S/C26H39N3O5/c1-5-33-22-15-19-21(16-23(22)34-6-2)28-26(32)29(25(19)31)14-9-7-8-13-24(30)27-20-12-10-11-17(3)18(20)4/h15-18,20H,5-14H2,1-4H3,(H,27,30)(H,28,32)/t17-,18-,20+/m0/s1. The van der Waals surface area contributed by atoms with Gasteiger partial charge in [0.25, 0.3) is 5.56 Å². The molecule has 1 aromatic heterocycles. The van der Waals surface area contributed by atoms with Crippen LogP contribution in [0.25, 0.3) is 10.9 Å². The van der Waals surface area contributed by atoms with Crippen LogP contribution in [0.1, 0.15) is 72.6 Å². The number of aromatic nitrogens is 2. The molecule has 34 heavy (non-hydrogen) atoms. The molecule has 2 aromatic rings. The van der Waals surface area contributed by atoms with Crippen molar-refractivity contribution in [3.63, 3.8) is 0 Å². The van der Waals surface area contributed by atoms with Crippen LogP contribution in [-0.2, 0) is 11.3 Å². The summed E-state index contributed by atoms with van der Waals surface area (Å²) < 4.78 is 12.4. The number of ether oxygens (including phenoxy) is 2. The van der Waals surface area contributed by atoms with Crippen molar-refractivity contribution in [1.82, 2.24) is 14.9 Å². The largest absolute Gasteiger partial charge is 0.490 e. The number of carbonyl (C=O) groups excluding carboxylic acids is 1. The number of fused-ring (bicyclic) bond motifs is 1. The summed E-state index contributed by atoms with van der Waals surface area (Å²) in [5, 5.41) is 3.59. The van der Waals surface area contributed by atoms with Crippen molar-refractivity contribution in [3.05, 3.63) is 33.0 Å². The van der Waals surface area contributed by atoms with Crippen LogP contribution in [0.2, 0.25) is 0 Å². The number of rotatable bonds is 11. The fourth-order valence-corrected chi connectivity index (χ4v) is 4.80. The SMILES string of the molecule is CCOc1cc2[nH]c(=O)n(CCCCCC(=O)N[C@@H]3CCC[C@H](C)[C@@H]3C)c(=O)c2cc1OCC. The number of H-pyrrole nitrogens is 1. The van der Waals surface area contributed by atoms with Crippen LogP contribution in [0.3, 0.4) is 0 Å². The highest BCUT2D eigenvalue weighted by Gasteiger charge is 2.27. The number of carbonyl (C=O) groups is 1. The fraction of sp³-hybridized carbons (Fsp3) is 0.654. The summed E-state index contributed by atoms with van der Waals surface area (Å²) in [5.41, 5.74) is -0.357. The van der Waals surface area contributed by atoms with E-state index in [1.54, 1.807) is 12.1 Å². The lowest BCUT2D eigenvalue weighted by Gasteiger charge is -2.34. The average molecular weight is 474 g/mol. The maximum absolute atomic E-state index is 13.0. The summed E-state index contributed by atoms with van der Waals surface area (Å²) in [5.74, 6) is 2.24. The second-order valence-electron chi connectivity index (χ2n) is 9.35. The van der Waals surface area contributed by atoms with Crippen molar-refractivity contribution in [1.29, 1.82) is 0 Å². The number of benzene rings is 1. The number of nitrogens with zero attached hydrogens (tertiary/aromatic N) is 1. The number of nitrogens with one attached hydrogen (secondary N) is 2. The molecule has 8 nitrogen and oxygen atoms in total. The first kappa shape index (κ1) is 25.8. The molecule has 1 amide bonds. The van der Waals surface area contributed by atoms with Crippen molar-refractivity contribution >= 4 is 16.8 Å². The molecule has 1 aromatic carbocycles. The molecule has 1 aliphatic carbocycles. The lowest BCUT2D eigenvalue weighted by molar-refractivity contribution is -0.122. The van der Waals surface area contributed by atoms with Crippen LogP contribution in [-0.4, -0.2) is 34.7 Å². The molecule has 188 valence electrons. The predicted octanol–water partition coefficient (Wildman–Crippen LogP) is 3.99. The number of aromatic amines is 1. The van der Waals surface area contributed by atoms with Gasteiger partial charge in [0.05, 0.1) is 24.1 Å². The van der Waals surface area contributed by atoms with Crippen LogP contribution in [0.4, 0.5) is 0 Å². The maximum Gasteiger partial charge on any atom is 0.328 e. The van der Waals surface area contributed by atoms with Crippen LogP contribution in [0.15, 0.2) is 21.7 Å². The van der Waals surface area contributed by atoms with E-state index in [1.165, 1.54) is 17.4 Å². The van der Waals surface area contributed by atoms with Crippen molar-refractivity contribution in [2.45, 2.75) is 85.2 Å². The summed E-state index contributed by atoms with van der Waals surface area (Å²) >= 11 is 0. The Bertz CT molecular complexity index is 1090. The summed E-state index contributed by atoms with van der Waals surface area (Å²) in [4.78, 5) is 40.7. The van der Waals surface area contributed by atoms with Gasteiger partial charge in [-0.2, -0.15) is 0 Å². The van der Waals surface area contributed by atoms with Crippen molar-refractivity contribution in [2.24, 2.45) is 11.8 Å². The first-order valence-electron chi connectivity index (χ1n) is 12.7. The fourth-order valence-electron chi connectivity index (χ4n) is 4.80. The molecule has 0 spiro atoms. The Balaban J connectivity index is 1.57. The number of unbranched alkanes of at least 4 members (excludes halogenated alkanes) is 2. The van der Waals surface area contributed by atoms with Gasteiger partial charge in [-0.3, -0.25) is 14.2 Å². The number of amides is 1. The van der Waals surface area contributed by atoms with Crippen molar-refractivity contribution in [3.8, 4) is 11.5 Å². The molecule has 1 aliphatic rings. The smallest absolute Gasteiger partial charge is 0.328 e. The average Bonchev–Trinajstić information content (AvgIpc) is 2.80. The summed E-state index contributed by atoms with van der Waals surface area (Å²) in [6.45, 7) is 9.40. The van der Waals surface area contributed by atoms with E-state index >= 15 is 0 Å². The van der Waals surface area contributed by atoms with Gasteiger partial charge in [0, 0.05) is 25.1 Å². The minimum absolute atomic E-state index is 0.0974. The molecular weight excluding hydrogens is 434 g/mol. The van der Waals surface area contributed by atoms with E-state index in [2.05, 4.69) is 24.1 Å². The van der Waals surface area contributed by atoms with Crippen molar-refractivity contribution in [2.75, 3.05) is 13.2 Å². The molecule has 0 aliphatic heterocycles. The first-order chi connectivity index (χ1) is 16.3. The lowest BCUT2D eigenvalue weighted by Crippen LogP contribution is -2.43. The normalized spacial score (nSPS) is 20.3. The van der Waals surface area contributed by atoms with E-state index in [4.69, 9.17) is 9.47 Å². The van der Waals surface area contributed by atoms with Gasteiger partial charge in [0.2, 0.25) is 5.91 Å². The second kappa shape index (κ2) is 12.1. The van der Waals surface area contributed by atoms with Gasteiger partial charge >= 0.3 is 5.69 Å². The molecular formula is C26H39N3O5. The summed E-state index contributed by atoms with van der Waals surface area (Å²) in [6.07, 6.45) is 6.08. The minimum Gasteiger partial charge on any atom is -0.490 e. The van der Waals surface area contributed by atoms with E-state index in [1.807, 2.05) is 13.8 Å². The third-order valence-corrected chi connectivity index (χ3v) is 6.98. The van der Waals surface area contributed by atoms with Crippen LogP contribution in [0.5, 0.6) is 11.5 Å². The third kappa shape index (κ3) is 6.21. The second-order valence-corrected chi connectivity index (χ2v) is 9.35. The first-order valence-corrected chi connectivity index (χ1v) is 12.7. The maximum atomic E-state index is 13.0. The molecule has 0 unspecified atom stereocenters. The molecule has 3 rings (SSSR count). The van der Waals surface area contributed by atoms with E-state index in [-0.39, 0.29) is 17.5 Å². The highest BCUT2D eigenvalue weighted by molar-refractivity contribution is 5.81. The Morgan fingerprint density at radius 2 is 1.76 bits per heavy atom. The number of hydrogen-bond acceptors (Lipinski definition) is 5. The van der Waals surface area contributed by atoms with Gasteiger partial charge in [-0.05, 0) is 51.0 Å². The Morgan fingerprint density at radius 1 is 1.06 bits per heavy atom. The van der Waals surface area contributed by atoms with Crippen LogP contribution < -0.4 is 26.0 Å². The van der Waals surface area contributed by atoms with Gasteiger partial charge < -0.3 is 19.8 Å². The molecule has 1 saturated carbocycles. The summed E-state index contributed by atoms with van der Waals surface area (Å²) in [7, 11) is 0. The van der Waals surface area contributed by atoms with Gasteiger partial charge in [0.1, 0.15) is 0 Å². The Morgan fingerprint density at radius 3 is 2.47 bits per heavy atom. The molecule has 8 heteroatoms. The van der Waals surface area contributed by atoms with E-state index < -0.39 is 5.69 Å². The zero-order chi connectivity index (χ0) is 24.7. The molecule has 1 fully saturated rings. The van der Waals surface area contributed by atoms with Gasteiger partial charge in [-0.25, -0.2) is 4.79 Å². The van der Waals surface area contributed by atoms with Crippen LogP contribution >= 0.6 is 0 Å². The predicted molar refractivity (Wildman–Crippen MR) is 134 cm³/mol. The molecule has 1 heterocycles. The Labute approximate surface area is 201 Å². The number of hydrogen-bond donors (Lipinski definition) is 2. The lowest BCUT2D eigenvalue weighted by atomic mass is 9.78. The van der Waals surface area contributed by atoms with E-state index in [0.717, 1.165) is 19.3 Å². The topological polar surface area (TPSA) is 102 Å². The van der Waals surface area contributed by atoms with Crippen LogP contribution in [0, 0.1) is 11.8 Å². The Hall–Kier alpha value is -2.77. The highest BCUT2D eigenvalue weighted by Crippen LogP contribution is 2.31. The van der Waals surface area contributed by atoms with E-state index in [9.17, 15) is 14.4 Å². The molecule has 2 N–H and O–H groups in total. The van der Waals surface area contributed by atoms with Gasteiger partial charge in [0.15, 0.2) is 11.5 Å². The minimum atomic E-state index is -0.442. The van der Waals surface area contributed by atoms with Crippen molar-refractivity contribution < 1.29 is 14.3 Å². The zero-order valence-electron chi connectivity index (χ0n) is 20.9. The van der Waals surface area contributed by atoms with Gasteiger partial charge in [-0.1, -0.05) is 33.1 Å². The highest BCUT2D eigenvalue weighted by atomic mass is 16.5. The third-order valence-electron chi connectivity index (χ3n) is 6.98. The zero-order valence-corrected chi connectivity index (χ0v) is 20.9. The molecule has 0 radical (unpaired) electrons. The monoisotopic (exact) mass is 473 g/mol.